The van der Waals surface area contributed by atoms with Crippen LogP contribution in [-0.2, 0) is 11.5 Å². The first kappa shape index (κ1) is 22.1. The summed E-state index contributed by atoms with van der Waals surface area (Å²) in [7, 11) is 0. The predicted molar refractivity (Wildman–Crippen MR) is 122 cm³/mol. The van der Waals surface area contributed by atoms with Crippen molar-refractivity contribution < 1.29 is 13.3 Å². The third-order valence-corrected chi connectivity index (χ3v) is 7.10. The number of hydrogen-bond donors (Lipinski definition) is 1. The van der Waals surface area contributed by atoms with Crippen molar-refractivity contribution in [2.24, 2.45) is 5.92 Å². The number of anilines is 1. The molecule has 4 rings (SSSR count). The van der Waals surface area contributed by atoms with Gasteiger partial charge in [-0.15, -0.1) is 4.31 Å². The lowest BCUT2D eigenvalue weighted by atomic mass is 9.77. The summed E-state index contributed by atoms with van der Waals surface area (Å²) in [5, 5.41) is 0.621. The molecule has 0 aliphatic carbocycles. The lowest BCUT2D eigenvalue weighted by Crippen LogP contribution is -2.44. The van der Waals surface area contributed by atoms with E-state index in [1.54, 1.807) is 48.5 Å². The highest BCUT2D eigenvalue weighted by molar-refractivity contribution is 7.90. The Balaban J connectivity index is 1.55. The van der Waals surface area contributed by atoms with Gasteiger partial charge in [-0.05, 0) is 78.4 Å². The van der Waals surface area contributed by atoms with Crippen LogP contribution in [0.5, 0.6) is 0 Å². The van der Waals surface area contributed by atoms with E-state index in [-0.39, 0.29) is 23.5 Å². The van der Waals surface area contributed by atoms with E-state index < -0.39 is 11.5 Å². The van der Waals surface area contributed by atoms with Crippen molar-refractivity contribution in [2.45, 2.75) is 18.8 Å². The van der Waals surface area contributed by atoms with Gasteiger partial charge in [-0.25, -0.2) is 8.78 Å². The molecule has 3 aromatic carbocycles. The SMILES string of the molecule is [O-][S+](Nc1ccc(Cl)cc1)N1CCCC(C(c2ccc(F)cc2)c2ccc(F)cc2)C1. The summed E-state index contributed by atoms with van der Waals surface area (Å²) in [5.41, 5.74) is 2.67. The van der Waals surface area contributed by atoms with E-state index in [2.05, 4.69) is 4.72 Å². The molecule has 0 spiro atoms. The third-order valence-electron chi connectivity index (χ3n) is 5.63. The molecule has 31 heavy (non-hydrogen) atoms. The van der Waals surface area contributed by atoms with Crippen LogP contribution >= 0.6 is 11.6 Å². The number of nitrogens with one attached hydrogen (secondary N) is 1. The Bertz CT molecular complexity index is 940. The summed E-state index contributed by atoms with van der Waals surface area (Å²) in [6.07, 6.45) is 1.83. The second-order valence-electron chi connectivity index (χ2n) is 7.73. The van der Waals surface area contributed by atoms with E-state index in [0.717, 1.165) is 29.7 Å². The molecule has 1 N–H and O–H groups in total. The van der Waals surface area contributed by atoms with Gasteiger partial charge in [0.05, 0.1) is 12.2 Å². The molecule has 0 aromatic heterocycles. The fourth-order valence-corrected chi connectivity index (χ4v) is 5.37. The molecular formula is C24H23ClF2N2OS. The highest BCUT2D eigenvalue weighted by Crippen LogP contribution is 2.38. The Hall–Kier alpha value is -2.12. The summed E-state index contributed by atoms with van der Waals surface area (Å²) in [6, 6.07) is 20.0. The van der Waals surface area contributed by atoms with Gasteiger partial charge in [-0.2, -0.15) is 4.72 Å². The average Bonchev–Trinajstić information content (AvgIpc) is 2.78. The van der Waals surface area contributed by atoms with Gasteiger partial charge >= 0.3 is 0 Å². The van der Waals surface area contributed by atoms with E-state index in [9.17, 15) is 13.3 Å². The highest BCUT2D eigenvalue weighted by Gasteiger charge is 2.34. The minimum Gasteiger partial charge on any atom is -0.573 e. The zero-order valence-electron chi connectivity index (χ0n) is 16.8. The quantitative estimate of drug-likeness (QED) is 0.448. The third kappa shape index (κ3) is 5.57. The molecule has 162 valence electrons. The number of piperidine rings is 1. The lowest BCUT2D eigenvalue weighted by molar-refractivity contribution is 0.250. The molecule has 3 nitrogen and oxygen atoms in total. The number of rotatable bonds is 6. The van der Waals surface area contributed by atoms with Crippen LogP contribution in [0.4, 0.5) is 14.5 Å². The van der Waals surface area contributed by atoms with Gasteiger partial charge in [-0.1, -0.05) is 35.9 Å². The van der Waals surface area contributed by atoms with Crippen LogP contribution in [0.15, 0.2) is 72.8 Å². The number of hydrogen-bond acceptors (Lipinski definition) is 3. The standard InChI is InChI=1S/C24H23ClF2N2OS/c25-20-7-13-23(14-8-20)28-31(30)29-15-1-2-19(16-29)24(17-3-9-21(26)10-4-17)18-5-11-22(27)12-6-18/h3-14,19,24,28H,1-2,15-16H2. The summed E-state index contributed by atoms with van der Waals surface area (Å²) in [6.45, 7) is 1.32. The maximum Gasteiger partial charge on any atom is 0.166 e. The molecule has 0 radical (unpaired) electrons. The molecule has 1 fully saturated rings. The van der Waals surface area contributed by atoms with Gasteiger partial charge in [0, 0.05) is 17.5 Å². The van der Waals surface area contributed by atoms with Gasteiger partial charge in [0.15, 0.2) is 11.5 Å². The van der Waals surface area contributed by atoms with Crippen LogP contribution in [0.2, 0.25) is 5.02 Å². The first-order valence-electron chi connectivity index (χ1n) is 10.2. The normalized spacial score (nSPS) is 18.2. The number of benzene rings is 3. The molecular weight excluding hydrogens is 438 g/mol. The molecule has 0 bridgehead atoms. The van der Waals surface area contributed by atoms with E-state index >= 15 is 0 Å². The average molecular weight is 461 g/mol. The van der Waals surface area contributed by atoms with E-state index in [0.29, 0.717) is 18.1 Å². The molecule has 3 aromatic rings. The summed E-state index contributed by atoms with van der Waals surface area (Å²) >= 11 is 4.52. The zero-order chi connectivity index (χ0) is 21.8. The van der Waals surface area contributed by atoms with E-state index in [1.165, 1.54) is 24.3 Å². The van der Waals surface area contributed by atoms with Gasteiger partial charge in [-0.3, -0.25) is 0 Å². The Morgan fingerprint density at radius 1 is 0.903 bits per heavy atom. The number of halogens is 3. The van der Waals surface area contributed by atoms with Crippen LogP contribution in [0.1, 0.15) is 29.9 Å². The Labute approximate surface area is 189 Å². The first-order chi connectivity index (χ1) is 15.0. The van der Waals surface area contributed by atoms with Crippen molar-refractivity contribution in [1.29, 1.82) is 0 Å². The highest BCUT2D eigenvalue weighted by atomic mass is 35.5. The van der Waals surface area contributed by atoms with E-state index in [1.807, 2.05) is 4.31 Å². The predicted octanol–water partition coefficient (Wildman–Crippen LogP) is 6.15. The molecule has 1 aliphatic heterocycles. The van der Waals surface area contributed by atoms with Crippen LogP contribution in [0, 0.1) is 17.6 Å². The summed E-state index contributed by atoms with van der Waals surface area (Å²) in [4.78, 5) is 0. The van der Waals surface area contributed by atoms with Crippen molar-refractivity contribution in [3.05, 3.63) is 101 Å². The van der Waals surface area contributed by atoms with Gasteiger partial charge < -0.3 is 4.55 Å². The fourth-order valence-electron chi connectivity index (χ4n) is 4.16. The minimum atomic E-state index is -1.40. The second-order valence-corrected chi connectivity index (χ2v) is 9.38. The second kappa shape index (κ2) is 10.0. The van der Waals surface area contributed by atoms with Crippen LogP contribution in [0.3, 0.4) is 0 Å². The molecule has 7 heteroatoms. The zero-order valence-corrected chi connectivity index (χ0v) is 18.4. The first-order valence-corrected chi connectivity index (χ1v) is 11.7. The Kier molecular flexibility index (Phi) is 7.13. The summed E-state index contributed by atoms with van der Waals surface area (Å²) < 4.78 is 45.0. The molecule has 0 amide bonds. The molecule has 2 atom stereocenters. The molecule has 1 heterocycles. The molecule has 2 unspecified atom stereocenters. The lowest BCUT2D eigenvalue weighted by Gasteiger charge is -2.36. The summed E-state index contributed by atoms with van der Waals surface area (Å²) in [5.74, 6) is -0.475. The maximum absolute atomic E-state index is 13.5. The molecule has 0 saturated carbocycles. The van der Waals surface area contributed by atoms with Crippen LogP contribution in [0.25, 0.3) is 0 Å². The fraction of sp³-hybridized carbons (Fsp3) is 0.250. The Morgan fingerprint density at radius 3 is 2.00 bits per heavy atom. The van der Waals surface area contributed by atoms with Crippen LogP contribution < -0.4 is 4.72 Å². The molecule has 1 saturated heterocycles. The molecule has 1 aliphatic rings. The van der Waals surface area contributed by atoms with Gasteiger partial charge in [0.25, 0.3) is 0 Å². The van der Waals surface area contributed by atoms with Crippen molar-refractivity contribution in [2.75, 3.05) is 17.8 Å². The van der Waals surface area contributed by atoms with E-state index in [4.69, 9.17) is 11.6 Å². The van der Waals surface area contributed by atoms with Gasteiger partial charge in [0.2, 0.25) is 0 Å². The number of nitrogens with zero attached hydrogens (tertiary/aromatic N) is 1. The van der Waals surface area contributed by atoms with Crippen molar-refractivity contribution in [3.8, 4) is 0 Å². The topological polar surface area (TPSA) is 38.3 Å². The smallest absolute Gasteiger partial charge is 0.166 e. The Morgan fingerprint density at radius 2 is 1.45 bits per heavy atom. The largest absolute Gasteiger partial charge is 0.573 e. The van der Waals surface area contributed by atoms with Crippen molar-refractivity contribution in [3.63, 3.8) is 0 Å². The minimum absolute atomic E-state index is 0.0449. The van der Waals surface area contributed by atoms with Crippen molar-refractivity contribution >= 4 is 28.8 Å². The monoisotopic (exact) mass is 460 g/mol. The maximum atomic E-state index is 13.5. The van der Waals surface area contributed by atoms with Crippen LogP contribution in [-0.4, -0.2) is 21.9 Å². The van der Waals surface area contributed by atoms with Crippen molar-refractivity contribution in [1.82, 2.24) is 4.31 Å². The van der Waals surface area contributed by atoms with Gasteiger partial charge in [0.1, 0.15) is 11.6 Å².